The van der Waals surface area contributed by atoms with Gasteiger partial charge in [0.05, 0.1) is 26.1 Å². The first kappa shape index (κ1) is 9.62. The highest BCUT2D eigenvalue weighted by atomic mass is 15.3. The van der Waals surface area contributed by atoms with Crippen LogP contribution in [-0.2, 0) is 0 Å². The van der Waals surface area contributed by atoms with Crippen LogP contribution in [0.2, 0.25) is 0 Å². The van der Waals surface area contributed by atoms with Crippen LogP contribution in [-0.4, -0.2) is 6.67 Å². The summed E-state index contributed by atoms with van der Waals surface area (Å²) in [4.78, 5) is 3.71. The minimum atomic E-state index is -0.520. The summed E-state index contributed by atoms with van der Waals surface area (Å²) in [5, 5.41) is 0. The third-order valence-corrected chi connectivity index (χ3v) is 4.68. The van der Waals surface area contributed by atoms with Crippen molar-refractivity contribution in [2.45, 2.75) is 0 Å². The molecular weight excluding hydrogens is 352 g/mol. The summed E-state index contributed by atoms with van der Waals surface area (Å²) in [6.07, 6.45) is 3.57. The van der Waals surface area contributed by atoms with Crippen molar-refractivity contribution in [1.29, 1.82) is 0 Å². The number of nitrogens with zero attached hydrogens (tertiary/aromatic N) is 2. The molecule has 0 aliphatic carbocycles. The Morgan fingerprint density at radius 3 is 1.72 bits per heavy atom. The Morgan fingerprint density at radius 1 is 0.586 bits per heavy atom. The van der Waals surface area contributed by atoms with Gasteiger partial charge in [-0.05, 0) is 23.3 Å². The first-order valence-electron chi connectivity index (χ1n) is 14.1. The lowest BCUT2D eigenvalue weighted by Gasteiger charge is -2.26. The van der Waals surface area contributed by atoms with E-state index in [2.05, 4.69) is 0 Å². The summed E-state index contributed by atoms with van der Waals surface area (Å²) >= 11 is 0. The first-order valence-corrected chi connectivity index (χ1v) is 9.08. The molecule has 0 spiro atoms. The normalized spacial score (nSPS) is 17.9. The fourth-order valence-corrected chi connectivity index (χ4v) is 3.38. The second kappa shape index (κ2) is 7.69. The summed E-state index contributed by atoms with van der Waals surface area (Å²) in [6, 6.07) is 9.73. The maximum atomic E-state index is 8.59. The number of benzene rings is 4. The summed E-state index contributed by atoms with van der Waals surface area (Å²) in [5.74, 6) is 0. The van der Waals surface area contributed by atoms with E-state index >= 15 is 0 Å². The van der Waals surface area contributed by atoms with Gasteiger partial charge in [-0.3, -0.25) is 0 Å². The number of hydrogen-bond donors (Lipinski definition) is 0. The standard InChI is InChI=1S/C27H22N2/c1-4-11-22(12-5-1)25-17-10-18-26(23-13-6-2-7-14-23)27(25)29-20-19-28(21-29)24-15-8-3-9-16-24/h1-20H,21H2/i1D,2D,4D,5D,6D,7D,11D,12D,13D,14D. The maximum Gasteiger partial charge on any atom is 0.0989 e. The van der Waals surface area contributed by atoms with Gasteiger partial charge in [0.2, 0.25) is 0 Å². The highest BCUT2D eigenvalue weighted by molar-refractivity contribution is 5.92. The molecule has 4 aromatic carbocycles. The zero-order valence-electron chi connectivity index (χ0n) is 25.4. The lowest BCUT2D eigenvalue weighted by Crippen LogP contribution is -2.25. The summed E-state index contributed by atoms with van der Waals surface area (Å²) in [6.45, 7) is 0.269. The molecule has 0 atom stereocenters. The van der Waals surface area contributed by atoms with Crippen molar-refractivity contribution < 1.29 is 13.7 Å². The molecule has 0 radical (unpaired) electrons. The van der Waals surface area contributed by atoms with E-state index in [1.807, 2.05) is 41.4 Å². The van der Waals surface area contributed by atoms with Crippen molar-refractivity contribution in [1.82, 2.24) is 0 Å². The van der Waals surface area contributed by atoms with E-state index < -0.39 is 60.4 Å². The van der Waals surface area contributed by atoms with Crippen LogP contribution < -0.4 is 9.80 Å². The number of rotatable bonds is 4. The molecule has 2 heteroatoms. The molecule has 29 heavy (non-hydrogen) atoms. The first-order chi connectivity index (χ1) is 18.5. The highest BCUT2D eigenvalue weighted by Gasteiger charge is 2.21. The molecule has 0 saturated heterocycles. The fraction of sp³-hybridized carbons (Fsp3) is 0.0370. The molecular formula is C27H22N2. The van der Waals surface area contributed by atoms with Gasteiger partial charge in [-0.25, -0.2) is 0 Å². The Hall–Kier alpha value is -3.78. The molecule has 1 aliphatic rings. The van der Waals surface area contributed by atoms with Crippen molar-refractivity contribution in [2.75, 3.05) is 16.5 Å². The average molecular weight is 385 g/mol. The van der Waals surface area contributed by atoms with Crippen molar-refractivity contribution >= 4 is 11.4 Å². The monoisotopic (exact) mass is 384 g/mol. The van der Waals surface area contributed by atoms with Crippen LogP contribution in [0.4, 0.5) is 11.4 Å². The molecule has 0 aromatic heterocycles. The summed E-state index contributed by atoms with van der Waals surface area (Å²) in [5.41, 5.74) is 1.70. The van der Waals surface area contributed by atoms with Crippen LogP contribution in [0.5, 0.6) is 0 Å². The van der Waals surface area contributed by atoms with Crippen LogP contribution in [0, 0.1) is 0 Å². The minimum absolute atomic E-state index is 0.0447. The number of anilines is 2. The average Bonchev–Trinajstić information content (AvgIpc) is 3.44. The van der Waals surface area contributed by atoms with Crippen LogP contribution in [0.1, 0.15) is 13.7 Å². The van der Waals surface area contributed by atoms with E-state index in [-0.39, 0.29) is 28.9 Å². The Morgan fingerprint density at radius 2 is 1.14 bits per heavy atom. The van der Waals surface area contributed by atoms with Crippen molar-refractivity contribution in [2.24, 2.45) is 0 Å². The Bertz CT molecular complexity index is 1510. The van der Waals surface area contributed by atoms with Gasteiger partial charge in [-0.2, -0.15) is 0 Å². The second-order valence-corrected chi connectivity index (χ2v) is 6.42. The predicted molar refractivity (Wildman–Crippen MR) is 123 cm³/mol. The second-order valence-electron chi connectivity index (χ2n) is 6.42. The lowest BCUT2D eigenvalue weighted by molar-refractivity contribution is 0.977. The summed E-state index contributed by atoms with van der Waals surface area (Å²) in [7, 11) is 0. The molecule has 2 nitrogen and oxygen atoms in total. The molecule has 0 bridgehead atoms. The van der Waals surface area contributed by atoms with Crippen LogP contribution in [0.3, 0.4) is 0 Å². The smallest absolute Gasteiger partial charge is 0.0989 e. The van der Waals surface area contributed by atoms with E-state index in [0.717, 1.165) is 5.69 Å². The Balaban J connectivity index is 1.82. The Kier molecular flexibility index (Phi) is 2.55. The molecule has 1 aliphatic heterocycles. The van der Waals surface area contributed by atoms with Gasteiger partial charge >= 0.3 is 0 Å². The Labute approximate surface area is 186 Å². The van der Waals surface area contributed by atoms with Gasteiger partial charge in [0.1, 0.15) is 0 Å². The SMILES string of the molecule is [2H]c1c([2H])c([2H])c(-c2cccc(-c3c([2H])c([2H])c([2H])c([2H])c3[2H])c2N2C=CN(c3ccccc3)C2)c([2H])c1[2H]. The van der Waals surface area contributed by atoms with Gasteiger partial charge in [-0.15, -0.1) is 0 Å². The topological polar surface area (TPSA) is 6.48 Å². The number of hydrogen-bond acceptors (Lipinski definition) is 2. The van der Waals surface area contributed by atoms with Gasteiger partial charge in [0.15, 0.2) is 0 Å². The molecule has 0 unspecified atom stereocenters. The molecule has 0 saturated carbocycles. The number of para-hydroxylation sites is 2. The molecule has 0 amide bonds. The molecule has 5 rings (SSSR count). The quantitative estimate of drug-likeness (QED) is 0.383. The van der Waals surface area contributed by atoms with Crippen molar-refractivity contribution in [3.63, 3.8) is 0 Å². The van der Waals surface area contributed by atoms with Crippen molar-refractivity contribution in [3.05, 3.63) is 121 Å². The van der Waals surface area contributed by atoms with E-state index in [1.165, 1.54) is 0 Å². The predicted octanol–water partition coefficient (Wildman–Crippen LogP) is 6.78. The van der Waals surface area contributed by atoms with Gasteiger partial charge < -0.3 is 9.80 Å². The maximum absolute atomic E-state index is 8.59. The van der Waals surface area contributed by atoms with Gasteiger partial charge in [-0.1, -0.05) is 96.8 Å². The zero-order chi connectivity index (χ0) is 28.2. The summed E-state index contributed by atoms with van der Waals surface area (Å²) < 4.78 is 83.2. The molecule has 0 N–H and O–H groups in total. The third-order valence-electron chi connectivity index (χ3n) is 4.68. The van der Waals surface area contributed by atoms with Crippen LogP contribution in [0.15, 0.2) is 121 Å². The van der Waals surface area contributed by atoms with Crippen LogP contribution in [0.25, 0.3) is 22.3 Å². The van der Waals surface area contributed by atoms with Crippen LogP contribution >= 0.6 is 0 Å². The minimum Gasteiger partial charge on any atom is -0.328 e. The highest BCUT2D eigenvalue weighted by Crippen LogP contribution is 2.41. The van der Waals surface area contributed by atoms with Gasteiger partial charge in [0.25, 0.3) is 0 Å². The van der Waals surface area contributed by atoms with E-state index in [4.69, 9.17) is 13.7 Å². The molecule has 0 fully saturated rings. The van der Waals surface area contributed by atoms with Gasteiger partial charge in [0, 0.05) is 29.2 Å². The molecule has 140 valence electrons. The van der Waals surface area contributed by atoms with Crippen molar-refractivity contribution in [3.8, 4) is 22.3 Å². The zero-order valence-corrected chi connectivity index (χ0v) is 15.4. The lowest BCUT2D eigenvalue weighted by atomic mass is 9.95. The molecule has 1 heterocycles. The van der Waals surface area contributed by atoms with E-state index in [9.17, 15) is 0 Å². The largest absolute Gasteiger partial charge is 0.328 e. The fourth-order valence-electron chi connectivity index (χ4n) is 3.38. The van der Waals surface area contributed by atoms with E-state index in [0.29, 0.717) is 5.69 Å². The van der Waals surface area contributed by atoms with E-state index in [1.54, 1.807) is 29.3 Å². The third kappa shape index (κ3) is 3.41. The molecule has 4 aromatic rings.